The van der Waals surface area contributed by atoms with Crippen molar-refractivity contribution in [2.45, 2.75) is 17.9 Å². The molecular weight excluding hydrogens is 485 g/mol. The van der Waals surface area contributed by atoms with E-state index in [1.807, 2.05) is 24.3 Å². The quantitative estimate of drug-likeness (QED) is 0.422. The molecule has 6 nitrogen and oxygen atoms in total. The van der Waals surface area contributed by atoms with Crippen molar-refractivity contribution in [3.05, 3.63) is 88.2 Å². The van der Waals surface area contributed by atoms with Crippen molar-refractivity contribution in [3.8, 4) is 0 Å². The maximum atomic E-state index is 13.4. The number of halogens is 2. The summed E-state index contributed by atoms with van der Waals surface area (Å²) in [6.45, 7) is 0.571. The Kier molecular flexibility index (Phi) is 5.65. The zero-order valence-corrected chi connectivity index (χ0v) is 19.5. The van der Waals surface area contributed by atoms with Crippen LogP contribution in [0.2, 0.25) is 5.02 Å². The van der Waals surface area contributed by atoms with Crippen molar-refractivity contribution in [1.29, 1.82) is 0 Å². The number of carbonyl (C=O) groups excluding carboxylic acids is 1. The summed E-state index contributed by atoms with van der Waals surface area (Å²) in [6.07, 6.45) is 0.603. The number of benzene rings is 3. The number of carbonyl (C=O) groups is 1. The molecule has 1 aromatic heterocycles. The monoisotopic (exact) mass is 501 g/mol. The number of nitrogens with zero attached hydrogens (tertiary/aromatic N) is 2. The second kappa shape index (κ2) is 8.49. The Hall–Kier alpha value is -2.85. The van der Waals surface area contributed by atoms with Crippen LogP contribution in [0.1, 0.15) is 21.5 Å². The number of anilines is 1. The van der Waals surface area contributed by atoms with Crippen molar-refractivity contribution in [2.24, 2.45) is 0 Å². The molecule has 168 valence electrons. The lowest BCUT2D eigenvalue weighted by Gasteiger charge is -2.28. The minimum absolute atomic E-state index is 0.0425. The Morgan fingerprint density at radius 1 is 1.09 bits per heavy atom. The van der Waals surface area contributed by atoms with E-state index in [0.29, 0.717) is 23.2 Å². The molecule has 33 heavy (non-hydrogen) atoms. The van der Waals surface area contributed by atoms with E-state index >= 15 is 0 Å². The predicted octanol–water partition coefficient (Wildman–Crippen LogP) is 5.09. The van der Waals surface area contributed by atoms with E-state index in [4.69, 9.17) is 11.6 Å². The van der Waals surface area contributed by atoms with Crippen LogP contribution in [0.25, 0.3) is 10.2 Å². The lowest BCUT2D eigenvalue weighted by Crippen LogP contribution is -2.36. The number of amides is 1. The molecule has 2 heterocycles. The van der Waals surface area contributed by atoms with Gasteiger partial charge in [-0.1, -0.05) is 47.2 Å². The summed E-state index contributed by atoms with van der Waals surface area (Å²) >= 11 is 7.38. The maximum Gasteiger partial charge on any atom is 0.257 e. The first-order valence-corrected chi connectivity index (χ1v) is 12.7. The Morgan fingerprint density at radius 2 is 1.88 bits per heavy atom. The smallest absolute Gasteiger partial charge is 0.257 e. The number of hydrogen-bond acceptors (Lipinski definition) is 5. The molecule has 5 rings (SSSR count). The summed E-state index contributed by atoms with van der Waals surface area (Å²) in [5, 5.41) is 2.98. The van der Waals surface area contributed by atoms with Gasteiger partial charge >= 0.3 is 0 Å². The van der Waals surface area contributed by atoms with Crippen molar-refractivity contribution >= 4 is 54.2 Å². The number of thiazole rings is 1. The average Bonchev–Trinajstić information content (AvgIpc) is 3.20. The van der Waals surface area contributed by atoms with Gasteiger partial charge in [-0.2, -0.15) is 4.31 Å². The fourth-order valence-corrected chi connectivity index (χ4v) is 6.58. The molecule has 1 N–H and O–H groups in total. The Balaban J connectivity index is 1.42. The van der Waals surface area contributed by atoms with Crippen LogP contribution < -0.4 is 5.32 Å². The van der Waals surface area contributed by atoms with Gasteiger partial charge in [0.1, 0.15) is 10.7 Å². The van der Waals surface area contributed by atoms with Crippen LogP contribution in [-0.2, 0) is 23.0 Å². The Labute approximate surface area is 198 Å². The molecule has 0 saturated heterocycles. The third-order valence-electron chi connectivity index (χ3n) is 5.48. The van der Waals surface area contributed by atoms with Gasteiger partial charge < -0.3 is 0 Å². The average molecular weight is 502 g/mol. The Bertz CT molecular complexity index is 1500. The van der Waals surface area contributed by atoms with Crippen LogP contribution in [0.4, 0.5) is 9.52 Å². The largest absolute Gasteiger partial charge is 0.298 e. The van der Waals surface area contributed by atoms with Gasteiger partial charge in [0.25, 0.3) is 5.91 Å². The molecule has 0 aliphatic carbocycles. The molecule has 0 saturated carbocycles. The summed E-state index contributed by atoms with van der Waals surface area (Å²) in [4.78, 5) is 17.0. The zero-order chi connectivity index (χ0) is 23.2. The highest BCUT2D eigenvalue weighted by Gasteiger charge is 2.30. The molecule has 1 amide bonds. The highest BCUT2D eigenvalue weighted by Crippen LogP contribution is 2.31. The van der Waals surface area contributed by atoms with Crippen LogP contribution in [-0.4, -0.2) is 30.2 Å². The summed E-state index contributed by atoms with van der Waals surface area (Å²) in [5.74, 6) is -0.927. The second-order valence-electron chi connectivity index (χ2n) is 7.59. The van der Waals surface area contributed by atoms with E-state index in [-0.39, 0.29) is 27.2 Å². The molecule has 10 heteroatoms. The van der Waals surface area contributed by atoms with Crippen LogP contribution >= 0.6 is 22.9 Å². The number of rotatable bonds is 4. The zero-order valence-electron chi connectivity index (χ0n) is 17.1. The molecule has 0 unspecified atom stereocenters. The topological polar surface area (TPSA) is 79.4 Å². The minimum atomic E-state index is -3.92. The van der Waals surface area contributed by atoms with E-state index in [1.165, 1.54) is 40.7 Å². The Morgan fingerprint density at radius 3 is 2.70 bits per heavy atom. The van der Waals surface area contributed by atoms with Crippen molar-refractivity contribution in [3.63, 3.8) is 0 Å². The molecule has 3 aromatic carbocycles. The number of aromatic nitrogens is 1. The minimum Gasteiger partial charge on any atom is -0.298 e. The van der Waals surface area contributed by atoms with Crippen LogP contribution in [0.5, 0.6) is 0 Å². The second-order valence-corrected chi connectivity index (χ2v) is 10.9. The van der Waals surface area contributed by atoms with E-state index in [9.17, 15) is 17.6 Å². The molecule has 1 aliphatic heterocycles. The first-order valence-electron chi connectivity index (χ1n) is 10.1. The molecule has 0 radical (unpaired) electrons. The molecular formula is C23H17ClFN3O3S2. The molecule has 1 aliphatic rings. The van der Waals surface area contributed by atoms with E-state index in [0.717, 1.165) is 22.5 Å². The fourth-order valence-electron chi connectivity index (χ4n) is 3.78. The summed E-state index contributed by atoms with van der Waals surface area (Å²) in [5.41, 5.74) is 2.76. The van der Waals surface area contributed by atoms with Gasteiger partial charge in [-0.05, 0) is 53.9 Å². The van der Waals surface area contributed by atoms with Gasteiger partial charge in [-0.25, -0.2) is 17.8 Å². The van der Waals surface area contributed by atoms with Crippen molar-refractivity contribution in [1.82, 2.24) is 9.29 Å². The lowest BCUT2D eigenvalue weighted by atomic mass is 10.0. The standard InChI is InChI=1S/C23H17ClFN3O3S2/c24-18-7-5-15(22(29)27-23-26-19-8-6-17(25)12-20(19)32-23)11-21(18)33(30,31)28-10-9-14-3-1-2-4-16(14)13-28/h1-8,11-12H,9-10,13H2,(H,26,27,29). The van der Waals surface area contributed by atoms with Gasteiger partial charge in [0.15, 0.2) is 5.13 Å². The van der Waals surface area contributed by atoms with E-state index in [2.05, 4.69) is 10.3 Å². The van der Waals surface area contributed by atoms with E-state index < -0.39 is 21.7 Å². The van der Waals surface area contributed by atoms with Crippen molar-refractivity contribution in [2.75, 3.05) is 11.9 Å². The normalized spacial score (nSPS) is 14.2. The van der Waals surface area contributed by atoms with Crippen molar-refractivity contribution < 1.29 is 17.6 Å². The van der Waals surface area contributed by atoms with Gasteiger partial charge in [0.05, 0.1) is 15.2 Å². The van der Waals surface area contributed by atoms with Gasteiger partial charge in [-0.15, -0.1) is 0 Å². The molecule has 0 fully saturated rings. The fraction of sp³-hybridized carbons (Fsp3) is 0.130. The predicted molar refractivity (Wildman–Crippen MR) is 127 cm³/mol. The molecule has 0 bridgehead atoms. The highest BCUT2D eigenvalue weighted by atomic mass is 35.5. The molecule has 4 aromatic rings. The first kappa shape index (κ1) is 22.0. The lowest BCUT2D eigenvalue weighted by molar-refractivity contribution is 0.102. The summed E-state index contributed by atoms with van der Waals surface area (Å²) in [6, 6.07) is 16.0. The highest BCUT2D eigenvalue weighted by molar-refractivity contribution is 7.89. The van der Waals surface area contributed by atoms with Crippen LogP contribution in [0.3, 0.4) is 0 Å². The third-order valence-corrected chi connectivity index (χ3v) is 8.74. The maximum absolute atomic E-state index is 13.4. The van der Waals surface area contributed by atoms with E-state index in [1.54, 1.807) is 0 Å². The molecule has 0 spiro atoms. The number of fused-ring (bicyclic) bond motifs is 2. The first-order chi connectivity index (χ1) is 15.8. The van der Waals surface area contributed by atoms with Crippen LogP contribution in [0, 0.1) is 5.82 Å². The third kappa shape index (κ3) is 4.24. The van der Waals surface area contributed by atoms with Gasteiger partial charge in [0, 0.05) is 18.7 Å². The SMILES string of the molecule is O=C(Nc1nc2ccc(F)cc2s1)c1ccc(Cl)c(S(=O)(=O)N2CCc3ccccc3C2)c1. The number of nitrogens with one attached hydrogen (secondary N) is 1. The summed E-state index contributed by atoms with van der Waals surface area (Å²) in [7, 11) is -3.92. The summed E-state index contributed by atoms with van der Waals surface area (Å²) < 4.78 is 42.1. The van der Waals surface area contributed by atoms with Gasteiger partial charge in [0.2, 0.25) is 10.0 Å². The number of sulfonamides is 1. The molecule has 0 atom stereocenters. The van der Waals surface area contributed by atoms with Crippen LogP contribution in [0.15, 0.2) is 65.6 Å². The number of hydrogen-bond donors (Lipinski definition) is 1. The van der Waals surface area contributed by atoms with Gasteiger partial charge in [-0.3, -0.25) is 10.1 Å².